The molecule has 1 aromatic rings. The number of rotatable bonds is 7. The molecule has 0 spiro atoms. The van der Waals surface area contributed by atoms with Gasteiger partial charge in [0.2, 0.25) is 0 Å². The predicted molar refractivity (Wildman–Crippen MR) is 70.3 cm³/mol. The molecule has 0 aliphatic carbocycles. The van der Waals surface area contributed by atoms with Crippen molar-refractivity contribution in [2.75, 3.05) is 19.6 Å². The van der Waals surface area contributed by atoms with E-state index in [1.807, 2.05) is 0 Å². The van der Waals surface area contributed by atoms with Crippen molar-refractivity contribution in [2.24, 2.45) is 10.7 Å². The minimum Gasteiger partial charge on any atom is -0.370 e. The van der Waals surface area contributed by atoms with Crippen LogP contribution in [0.4, 0.5) is 0 Å². The molecule has 0 aromatic carbocycles. The van der Waals surface area contributed by atoms with Crippen LogP contribution < -0.4 is 16.4 Å². The average molecular weight is 252 g/mol. The Labute approximate surface area is 106 Å². The quantitative estimate of drug-likeness (QED) is 0.307. The average Bonchev–Trinajstić information content (AvgIpc) is 2.88. The van der Waals surface area contributed by atoms with Gasteiger partial charge in [0.1, 0.15) is 5.69 Å². The molecule has 0 radical (unpaired) electrons. The van der Waals surface area contributed by atoms with Crippen LogP contribution in [-0.4, -0.2) is 41.7 Å². The molecule has 0 atom stereocenters. The second-order valence-corrected chi connectivity index (χ2v) is 3.77. The van der Waals surface area contributed by atoms with Gasteiger partial charge in [-0.05, 0) is 12.5 Å². The third-order valence-electron chi connectivity index (χ3n) is 2.26. The lowest BCUT2D eigenvalue weighted by atomic mass is 10.3. The highest BCUT2D eigenvalue weighted by molar-refractivity contribution is 5.92. The Morgan fingerprint density at radius 1 is 1.50 bits per heavy atom. The standard InChI is InChI=1S/C11H20N6O/c1-2-3-5-14-11(12)15-8-7-13-10(18)9-4-6-16-17-9/h4,6H,2-3,5,7-8H2,1H3,(H,13,18)(H,16,17)(H3,12,14,15). The second-order valence-electron chi connectivity index (χ2n) is 3.77. The highest BCUT2D eigenvalue weighted by Crippen LogP contribution is 1.89. The molecule has 0 saturated heterocycles. The van der Waals surface area contributed by atoms with Crippen molar-refractivity contribution in [3.63, 3.8) is 0 Å². The topological polar surface area (TPSA) is 108 Å². The van der Waals surface area contributed by atoms with Gasteiger partial charge in [-0.1, -0.05) is 13.3 Å². The molecule has 1 aromatic heterocycles. The highest BCUT2D eigenvalue weighted by Gasteiger charge is 2.04. The van der Waals surface area contributed by atoms with E-state index in [2.05, 4.69) is 32.7 Å². The fraction of sp³-hybridized carbons (Fsp3) is 0.545. The number of hydrogen-bond donors (Lipinski definition) is 4. The number of unbranched alkanes of at least 4 members (excludes halogenated alkanes) is 1. The SMILES string of the molecule is CCCCN=C(N)NCCNC(=O)c1ccn[nH]1. The number of nitrogens with two attached hydrogens (primary N) is 1. The Hall–Kier alpha value is -2.05. The molecule has 7 heteroatoms. The molecule has 0 aliphatic heterocycles. The Morgan fingerprint density at radius 2 is 2.28 bits per heavy atom. The van der Waals surface area contributed by atoms with E-state index in [0.717, 1.165) is 19.4 Å². The van der Waals surface area contributed by atoms with Crippen molar-refractivity contribution < 1.29 is 4.79 Å². The number of amides is 1. The maximum atomic E-state index is 11.5. The van der Waals surface area contributed by atoms with E-state index in [-0.39, 0.29) is 5.91 Å². The Balaban J connectivity index is 2.11. The minimum atomic E-state index is -0.184. The molecular weight excluding hydrogens is 232 g/mol. The van der Waals surface area contributed by atoms with Gasteiger partial charge in [-0.15, -0.1) is 0 Å². The van der Waals surface area contributed by atoms with Gasteiger partial charge in [-0.25, -0.2) is 0 Å². The molecule has 1 rings (SSSR count). The molecule has 18 heavy (non-hydrogen) atoms. The fourth-order valence-corrected chi connectivity index (χ4v) is 1.26. The predicted octanol–water partition coefficient (Wildman–Crippen LogP) is -0.156. The summed E-state index contributed by atoms with van der Waals surface area (Å²) in [6, 6.07) is 1.61. The summed E-state index contributed by atoms with van der Waals surface area (Å²) in [4.78, 5) is 15.6. The van der Waals surface area contributed by atoms with Gasteiger partial charge in [0.25, 0.3) is 5.91 Å². The van der Waals surface area contributed by atoms with Crippen LogP contribution in [0.25, 0.3) is 0 Å². The monoisotopic (exact) mass is 252 g/mol. The zero-order chi connectivity index (χ0) is 13.2. The number of carbonyl (C=O) groups excluding carboxylic acids is 1. The first-order valence-electron chi connectivity index (χ1n) is 6.05. The van der Waals surface area contributed by atoms with Crippen LogP contribution in [0.15, 0.2) is 17.3 Å². The van der Waals surface area contributed by atoms with Gasteiger partial charge < -0.3 is 16.4 Å². The van der Waals surface area contributed by atoms with E-state index in [1.54, 1.807) is 6.07 Å². The maximum absolute atomic E-state index is 11.5. The van der Waals surface area contributed by atoms with E-state index in [4.69, 9.17) is 5.73 Å². The van der Waals surface area contributed by atoms with Crippen LogP contribution in [0.2, 0.25) is 0 Å². The highest BCUT2D eigenvalue weighted by atomic mass is 16.1. The summed E-state index contributed by atoms with van der Waals surface area (Å²) in [5, 5.41) is 11.9. The molecule has 1 heterocycles. The third kappa shape index (κ3) is 5.33. The van der Waals surface area contributed by atoms with Gasteiger partial charge in [0, 0.05) is 25.8 Å². The summed E-state index contributed by atoms with van der Waals surface area (Å²) in [5.74, 6) is 0.232. The van der Waals surface area contributed by atoms with Gasteiger partial charge in [0.15, 0.2) is 5.96 Å². The number of H-pyrrole nitrogens is 1. The summed E-state index contributed by atoms with van der Waals surface area (Å²) in [7, 11) is 0. The summed E-state index contributed by atoms with van der Waals surface area (Å²) >= 11 is 0. The van der Waals surface area contributed by atoms with Crippen LogP contribution in [0.3, 0.4) is 0 Å². The first-order valence-corrected chi connectivity index (χ1v) is 6.05. The number of nitrogens with zero attached hydrogens (tertiary/aromatic N) is 2. The number of aromatic nitrogens is 2. The number of aliphatic imine (C=N–C) groups is 1. The second kappa shape index (κ2) is 8.10. The zero-order valence-corrected chi connectivity index (χ0v) is 10.6. The van der Waals surface area contributed by atoms with Gasteiger partial charge in [-0.3, -0.25) is 14.9 Å². The number of aromatic amines is 1. The number of carbonyl (C=O) groups is 1. The first kappa shape index (κ1) is 14.0. The van der Waals surface area contributed by atoms with E-state index < -0.39 is 0 Å². The van der Waals surface area contributed by atoms with Crippen LogP contribution in [0.5, 0.6) is 0 Å². The number of nitrogens with one attached hydrogen (secondary N) is 3. The van der Waals surface area contributed by atoms with Crippen molar-refractivity contribution >= 4 is 11.9 Å². The van der Waals surface area contributed by atoms with E-state index >= 15 is 0 Å². The van der Waals surface area contributed by atoms with Crippen molar-refractivity contribution in [2.45, 2.75) is 19.8 Å². The molecule has 0 aliphatic rings. The molecule has 1 amide bonds. The van der Waals surface area contributed by atoms with Gasteiger partial charge in [-0.2, -0.15) is 5.10 Å². The van der Waals surface area contributed by atoms with Crippen molar-refractivity contribution in [3.05, 3.63) is 18.0 Å². The Morgan fingerprint density at radius 3 is 2.94 bits per heavy atom. The Kier molecular flexibility index (Phi) is 6.31. The van der Waals surface area contributed by atoms with Gasteiger partial charge >= 0.3 is 0 Å². The van der Waals surface area contributed by atoms with Crippen LogP contribution >= 0.6 is 0 Å². The van der Waals surface area contributed by atoms with Gasteiger partial charge in [0.05, 0.1) is 0 Å². The lowest BCUT2D eigenvalue weighted by Crippen LogP contribution is -2.38. The van der Waals surface area contributed by atoms with Crippen molar-refractivity contribution in [1.29, 1.82) is 0 Å². The summed E-state index contributed by atoms with van der Waals surface area (Å²) in [6.07, 6.45) is 3.65. The molecule has 0 unspecified atom stereocenters. The number of guanidine groups is 1. The smallest absolute Gasteiger partial charge is 0.269 e. The molecular formula is C11H20N6O. The third-order valence-corrected chi connectivity index (χ3v) is 2.26. The first-order chi connectivity index (χ1) is 8.74. The fourth-order valence-electron chi connectivity index (χ4n) is 1.26. The van der Waals surface area contributed by atoms with Crippen molar-refractivity contribution in [1.82, 2.24) is 20.8 Å². The zero-order valence-electron chi connectivity index (χ0n) is 10.6. The molecule has 100 valence electrons. The number of hydrogen-bond acceptors (Lipinski definition) is 3. The lowest BCUT2D eigenvalue weighted by Gasteiger charge is -2.06. The van der Waals surface area contributed by atoms with E-state index in [1.165, 1.54) is 6.20 Å². The van der Waals surface area contributed by atoms with E-state index in [0.29, 0.717) is 24.7 Å². The van der Waals surface area contributed by atoms with E-state index in [9.17, 15) is 4.79 Å². The summed E-state index contributed by atoms with van der Waals surface area (Å²) in [5.41, 5.74) is 6.08. The van der Waals surface area contributed by atoms with Crippen LogP contribution in [0.1, 0.15) is 30.3 Å². The molecule has 0 fully saturated rings. The Bertz CT molecular complexity index is 373. The summed E-state index contributed by atoms with van der Waals surface area (Å²) < 4.78 is 0. The van der Waals surface area contributed by atoms with Crippen molar-refractivity contribution in [3.8, 4) is 0 Å². The minimum absolute atomic E-state index is 0.184. The normalized spacial score (nSPS) is 11.3. The molecule has 7 nitrogen and oxygen atoms in total. The van der Waals surface area contributed by atoms with Crippen LogP contribution in [-0.2, 0) is 0 Å². The molecule has 0 saturated carbocycles. The van der Waals surface area contributed by atoms with Crippen LogP contribution in [0, 0.1) is 0 Å². The lowest BCUT2D eigenvalue weighted by molar-refractivity contribution is 0.0949. The summed E-state index contributed by atoms with van der Waals surface area (Å²) in [6.45, 7) is 3.85. The largest absolute Gasteiger partial charge is 0.370 e. The molecule has 0 bridgehead atoms. The molecule has 5 N–H and O–H groups in total. The maximum Gasteiger partial charge on any atom is 0.269 e.